The van der Waals surface area contributed by atoms with Crippen molar-refractivity contribution >= 4 is 23.9 Å². The average molecular weight is 235 g/mol. The van der Waals surface area contributed by atoms with E-state index in [1.54, 1.807) is 0 Å². The fourth-order valence-corrected chi connectivity index (χ4v) is 1.76. The second-order valence-corrected chi connectivity index (χ2v) is 4.42. The Kier molecular flexibility index (Phi) is 5.72. The van der Waals surface area contributed by atoms with E-state index in [-0.39, 0.29) is 5.91 Å². The van der Waals surface area contributed by atoms with Gasteiger partial charge in [0.05, 0.1) is 0 Å². The summed E-state index contributed by atoms with van der Waals surface area (Å²) < 4.78 is 2.81. The van der Waals surface area contributed by atoms with Gasteiger partial charge >= 0.3 is 0 Å². The van der Waals surface area contributed by atoms with Crippen molar-refractivity contribution in [2.24, 2.45) is 0 Å². The van der Waals surface area contributed by atoms with Crippen LogP contribution in [0.1, 0.15) is 25.8 Å². The van der Waals surface area contributed by atoms with Crippen LogP contribution in [0.5, 0.6) is 0 Å². The Morgan fingerprint density at radius 2 is 2.06 bits per heavy atom. The number of rotatable bonds is 5. The van der Waals surface area contributed by atoms with E-state index in [9.17, 15) is 4.79 Å². The summed E-state index contributed by atoms with van der Waals surface area (Å²) in [4.78, 5) is 11.6. The highest BCUT2D eigenvalue weighted by atomic mass is 32.2. The van der Waals surface area contributed by atoms with E-state index in [1.807, 2.05) is 43.3 Å². The quantitative estimate of drug-likeness (QED) is 0.482. The number of nitrogens with one attached hydrogen (secondary N) is 1. The minimum Gasteiger partial charge on any atom is -0.296 e. The predicted molar refractivity (Wildman–Crippen MR) is 71.0 cm³/mol. The van der Waals surface area contributed by atoms with E-state index < -0.39 is 0 Å². The molecule has 0 unspecified atom stereocenters. The number of hydrogen-bond donors (Lipinski definition) is 1. The van der Waals surface area contributed by atoms with E-state index >= 15 is 0 Å². The van der Waals surface area contributed by atoms with Crippen LogP contribution in [-0.4, -0.2) is 11.7 Å². The molecule has 1 amide bonds. The molecule has 0 heterocycles. The zero-order chi connectivity index (χ0) is 11.8. The van der Waals surface area contributed by atoms with Gasteiger partial charge in [-0.1, -0.05) is 49.2 Å². The first-order valence-electron chi connectivity index (χ1n) is 5.39. The van der Waals surface area contributed by atoms with Crippen molar-refractivity contribution in [3.8, 4) is 0 Å². The predicted octanol–water partition coefficient (Wildman–Crippen LogP) is 3.26. The first-order valence-corrected chi connectivity index (χ1v) is 6.38. The summed E-state index contributed by atoms with van der Waals surface area (Å²) in [6, 6.07) is 9.85. The normalized spacial score (nSPS) is 11.2. The molecule has 1 aromatic carbocycles. The molecule has 0 aliphatic heterocycles. The fourth-order valence-electron chi connectivity index (χ4n) is 1.16. The minimum absolute atomic E-state index is 0.0118. The lowest BCUT2D eigenvalue weighted by molar-refractivity contribution is -0.115. The summed E-state index contributed by atoms with van der Waals surface area (Å²) in [5.41, 5.74) is 1.78. The molecule has 0 bridgehead atoms. The molecule has 86 valence electrons. The molecule has 1 aromatic rings. The summed E-state index contributed by atoms with van der Waals surface area (Å²) >= 11 is 1.46. The number of carbonyl (C=O) groups is 1. The van der Waals surface area contributed by atoms with Gasteiger partial charge in [-0.3, -0.25) is 9.52 Å². The summed E-state index contributed by atoms with van der Waals surface area (Å²) in [6.07, 6.45) is 2.95. The van der Waals surface area contributed by atoms with Gasteiger partial charge in [-0.15, -0.1) is 0 Å². The first-order chi connectivity index (χ1) is 7.74. The summed E-state index contributed by atoms with van der Waals surface area (Å²) in [6.45, 7) is 3.92. The molecule has 1 N–H and O–H groups in total. The van der Waals surface area contributed by atoms with Gasteiger partial charge in [0.1, 0.15) is 0 Å². The van der Waals surface area contributed by atoms with Crippen molar-refractivity contribution in [3.63, 3.8) is 0 Å². The van der Waals surface area contributed by atoms with Gasteiger partial charge in [0, 0.05) is 11.3 Å². The molecule has 16 heavy (non-hydrogen) atoms. The van der Waals surface area contributed by atoms with Crippen molar-refractivity contribution in [1.82, 2.24) is 4.72 Å². The third-order valence-corrected chi connectivity index (χ3v) is 2.95. The van der Waals surface area contributed by atoms with Gasteiger partial charge < -0.3 is 0 Å². The van der Waals surface area contributed by atoms with Crippen LogP contribution in [0.3, 0.4) is 0 Å². The number of amides is 1. The van der Waals surface area contributed by atoms with Gasteiger partial charge in [-0.05, 0) is 25.0 Å². The van der Waals surface area contributed by atoms with E-state index in [2.05, 4.69) is 11.6 Å². The van der Waals surface area contributed by atoms with Gasteiger partial charge in [-0.25, -0.2) is 0 Å². The molecule has 0 aliphatic carbocycles. The number of hydrogen-bond acceptors (Lipinski definition) is 2. The van der Waals surface area contributed by atoms with Crippen molar-refractivity contribution in [2.45, 2.75) is 20.3 Å². The molecule has 1 rings (SSSR count). The maximum atomic E-state index is 11.6. The summed E-state index contributed by atoms with van der Waals surface area (Å²) in [7, 11) is 0. The van der Waals surface area contributed by atoms with E-state index in [1.165, 1.54) is 11.9 Å². The fraction of sp³-hybridized carbons (Fsp3) is 0.308. The van der Waals surface area contributed by atoms with Crippen molar-refractivity contribution in [3.05, 3.63) is 41.5 Å². The molecular weight excluding hydrogens is 218 g/mol. The van der Waals surface area contributed by atoms with Crippen LogP contribution in [0.2, 0.25) is 0 Å². The molecule has 2 nitrogen and oxygen atoms in total. The number of benzene rings is 1. The Morgan fingerprint density at radius 1 is 1.38 bits per heavy atom. The highest BCUT2D eigenvalue weighted by Gasteiger charge is 2.02. The molecule has 0 saturated carbocycles. The van der Waals surface area contributed by atoms with E-state index in [4.69, 9.17) is 0 Å². The molecular formula is C13H17NOS. The molecule has 0 spiro atoms. The zero-order valence-electron chi connectivity index (χ0n) is 9.69. The van der Waals surface area contributed by atoms with Crippen LogP contribution in [-0.2, 0) is 4.79 Å². The van der Waals surface area contributed by atoms with Crippen LogP contribution in [0, 0.1) is 0 Å². The SMILES string of the molecule is CCCSNC(=O)/C(C)=C/c1ccccc1. The van der Waals surface area contributed by atoms with Crippen molar-refractivity contribution in [2.75, 3.05) is 5.75 Å². The summed E-state index contributed by atoms with van der Waals surface area (Å²) in [5.74, 6) is 0.937. The van der Waals surface area contributed by atoms with Crippen LogP contribution in [0.15, 0.2) is 35.9 Å². The maximum absolute atomic E-state index is 11.6. The summed E-state index contributed by atoms with van der Waals surface area (Å²) in [5, 5.41) is 0. The lowest BCUT2D eigenvalue weighted by atomic mass is 10.1. The average Bonchev–Trinajstić information content (AvgIpc) is 2.30. The molecule has 0 aliphatic rings. The topological polar surface area (TPSA) is 29.1 Å². The largest absolute Gasteiger partial charge is 0.296 e. The van der Waals surface area contributed by atoms with Gasteiger partial charge in [-0.2, -0.15) is 0 Å². The third-order valence-electron chi connectivity index (χ3n) is 2.01. The maximum Gasteiger partial charge on any atom is 0.256 e. The van der Waals surface area contributed by atoms with Crippen LogP contribution in [0.4, 0.5) is 0 Å². The van der Waals surface area contributed by atoms with E-state index in [0.717, 1.165) is 23.3 Å². The van der Waals surface area contributed by atoms with Gasteiger partial charge in [0.25, 0.3) is 5.91 Å². The van der Waals surface area contributed by atoms with Crippen molar-refractivity contribution in [1.29, 1.82) is 0 Å². The van der Waals surface area contributed by atoms with Gasteiger partial charge in [0.2, 0.25) is 0 Å². The molecule has 0 atom stereocenters. The Bertz CT molecular complexity index is 359. The molecule has 0 aromatic heterocycles. The number of carbonyl (C=O) groups excluding carboxylic acids is 1. The second kappa shape index (κ2) is 7.12. The van der Waals surface area contributed by atoms with Crippen LogP contribution >= 0.6 is 11.9 Å². The Hall–Kier alpha value is -1.22. The Labute approximate surface area is 101 Å². The lowest BCUT2D eigenvalue weighted by Crippen LogP contribution is -2.16. The second-order valence-electron chi connectivity index (χ2n) is 3.52. The van der Waals surface area contributed by atoms with Crippen LogP contribution in [0.25, 0.3) is 6.08 Å². The molecule has 0 radical (unpaired) electrons. The molecule has 3 heteroatoms. The smallest absolute Gasteiger partial charge is 0.256 e. The highest BCUT2D eigenvalue weighted by molar-refractivity contribution is 7.97. The Morgan fingerprint density at radius 3 is 2.69 bits per heavy atom. The first kappa shape index (κ1) is 12.8. The molecule has 0 fully saturated rings. The van der Waals surface area contributed by atoms with Crippen molar-refractivity contribution < 1.29 is 4.79 Å². The monoisotopic (exact) mass is 235 g/mol. The molecule has 0 saturated heterocycles. The zero-order valence-corrected chi connectivity index (χ0v) is 10.5. The van der Waals surface area contributed by atoms with Crippen LogP contribution < -0.4 is 4.72 Å². The van der Waals surface area contributed by atoms with Gasteiger partial charge in [0.15, 0.2) is 0 Å². The highest BCUT2D eigenvalue weighted by Crippen LogP contribution is 2.07. The Balaban J connectivity index is 2.53. The lowest BCUT2D eigenvalue weighted by Gasteiger charge is -2.03. The van der Waals surface area contributed by atoms with E-state index in [0.29, 0.717) is 0 Å². The third kappa shape index (κ3) is 4.53. The standard InChI is InChI=1S/C13H17NOS/c1-3-9-16-14-13(15)11(2)10-12-7-5-4-6-8-12/h4-8,10H,3,9H2,1-2H3,(H,14,15)/b11-10+. The minimum atomic E-state index is -0.0118.